The molecule has 0 radical (unpaired) electrons. The minimum atomic E-state index is -0.0424. The monoisotopic (exact) mass is 321 g/mol. The van der Waals surface area contributed by atoms with Crippen LogP contribution in [0.25, 0.3) is 0 Å². The van der Waals surface area contributed by atoms with E-state index in [1.807, 2.05) is 19.1 Å². The topological polar surface area (TPSA) is 56.0 Å². The lowest BCUT2D eigenvalue weighted by atomic mass is 9.97. The third-order valence-electron chi connectivity index (χ3n) is 4.18. The molecule has 0 saturated carbocycles. The zero-order valence-electron chi connectivity index (χ0n) is 12.9. The maximum atomic E-state index is 12.1. The number of aromatic nitrogens is 4. The smallest absolute Gasteiger partial charge is 0.345 e. The zero-order chi connectivity index (χ0) is 15.7. The lowest BCUT2D eigenvalue weighted by Gasteiger charge is -2.33. The van der Waals surface area contributed by atoms with Crippen molar-refractivity contribution < 1.29 is 0 Å². The van der Waals surface area contributed by atoms with Gasteiger partial charge < -0.3 is 4.90 Å². The minimum absolute atomic E-state index is 0.0424. The largest absolute Gasteiger partial charge is 0.356 e. The van der Waals surface area contributed by atoms with E-state index >= 15 is 0 Å². The van der Waals surface area contributed by atoms with Crippen molar-refractivity contribution in [3.63, 3.8) is 0 Å². The van der Waals surface area contributed by atoms with Gasteiger partial charge in [0.05, 0.1) is 5.02 Å². The molecule has 3 rings (SSSR count). The lowest BCUT2D eigenvalue weighted by Crippen LogP contribution is -2.36. The fourth-order valence-corrected chi connectivity index (χ4v) is 3.19. The minimum Gasteiger partial charge on any atom is -0.356 e. The molecule has 7 heteroatoms. The number of halogens is 1. The van der Waals surface area contributed by atoms with Gasteiger partial charge in [0.1, 0.15) is 11.6 Å². The van der Waals surface area contributed by atoms with Gasteiger partial charge in [0.25, 0.3) is 0 Å². The molecule has 1 fully saturated rings. The maximum absolute atomic E-state index is 12.1. The van der Waals surface area contributed by atoms with Gasteiger partial charge in [0.15, 0.2) is 0 Å². The van der Waals surface area contributed by atoms with Gasteiger partial charge >= 0.3 is 5.69 Å². The average Bonchev–Trinajstić information content (AvgIpc) is 2.83. The molecule has 22 heavy (non-hydrogen) atoms. The normalized spacial score (nSPS) is 18.7. The second kappa shape index (κ2) is 6.12. The number of aryl methyl sites for hydroxylation is 1. The van der Waals surface area contributed by atoms with Crippen LogP contribution in [0.5, 0.6) is 0 Å². The summed E-state index contributed by atoms with van der Waals surface area (Å²) in [5, 5.41) is 5.09. The number of anilines is 1. The number of rotatable bonds is 3. The number of pyridine rings is 1. The quantitative estimate of drug-likeness (QED) is 0.868. The molecule has 0 spiro atoms. The second-order valence-corrected chi connectivity index (χ2v) is 6.06. The number of piperidine rings is 1. The van der Waals surface area contributed by atoms with Gasteiger partial charge in [-0.15, -0.1) is 0 Å². The number of hydrogen-bond donors (Lipinski definition) is 0. The van der Waals surface area contributed by atoms with E-state index in [9.17, 15) is 4.79 Å². The van der Waals surface area contributed by atoms with E-state index in [1.54, 1.807) is 17.8 Å². The van der Waals surface area contributed by atoms with Crippen LogP contribution in [0.4, 0.5) is 5.82 Å². The average molecular weight is 322 g/mol. The fraction of sp³-hybridized carbons (Fsp3) is 0.533. The Kier molecular flexibility index (Phi) is 4.20. The Bertz CT molecular complexity index is 706. The molecule has 0 N–H and O–H groups in total. The van der Waals surface area contributed by atoms with Crippen molar-refractivity contribution in [2.24, 2.45) is 7.05 Å². The highest BCUT2D eigenvalue weighted by molar-refractivity contribution is 6.30. The van der Waals surface area contributed by atoms with E-state index < -0.39 is 0 Å². The van der Waals surface area contributed by atoms with Gasteiger partial charge in [-0.1, -0.05) is 11.6 Å². The van der Waals surface area contributed by atoms with Crippen LogP contribution in [0.2, 0.25) is 5.02 Å². The third kappa shape index (κ3) is 2.75. The van der Waals surface area contributed by atoms with Crippen molar-refractivity contribution >= 4 is 17.4 Å². The summed E-state index contributed by atoms with van der Waals surface area (Å²) in [6.45, 7) is 4.42. The predicted molar refractivity (Wildman–Crippen MR) is 86.6 cm³/mol. The Morgan fingerprint density at radius 3 is 2.91 bits per heavy atom. The first-order valence-corrected chi connectivity index (χ1v) is 7.98. The van der Waals surface area contributed by atoms with Crippen molar-refractivity contribution in [2.45, 2.75) is 32.2 Å². The molecule has 1 saturated heterocycles. The van der Waals surface area contributed by atoms with Gasteiger partial charge in [-0.3, -0.25) is 4.57 Å². The van der Waals surface area contributed by atoms with Crippen LogP contribution in [0.3, 0.4) is 0 Å². The van der Waals surface area contributed by atoms with Gasteiger partial charge in [-0.05, 0) is 31.9 Å². The SMILES string of the molecule is CCn1c(C2CCCN(c3ccc(Cl)cn3)C2)nn(C)c1=O. The molecule has 0 aromatic carbocycles. The number of nitrogens with zero attached hydrogens (tertiary/aromatic N) is 5. The second-order valence-electron chi connectivity index (χ2n) is 5.63. The van der Waals surface area contributed by atoms with Gasteiger partial charge in [0.2, 0.25) is 0 Å². The van der Waals surface area contributed by atoms with Gasteiger partial charge in [-0.25, -0.2) is 14.5 Å². The van der Waals surface area contributed by atoms with Crippen molar-refractivity contribution in [1.82, 2.24) is 19.3 Å². The molecule has 1 aliphatic rings. The van der Waals surface area contributed by atoms with Crippen LogP contribution in [0, 0.1) is 0 Å². The van der Waals surface area contributed by atoms with Crippen LogP contribution in [-0.2, 0) is 13.6 Å². The molecule has 3 heterocycles. The summed E-state index contributed by atoms with van der Waals surface area (Å²) in [5.41, 5.74) is -0.0424. The zero-order valence-corrected chi connectivity index (χ0v) is 13.6. The molecule has 2 aromatic rings. The first-order chi connectivity index (χ1) is 10.6. The summed E-state index contributed by atoms with van der Waals surface area (Å²) < 4.78 is 3.20. The van der Waals surface area contributed by atoms with Crippen LogP contribution in [0.15, 0.2) is 23.1 Å². The van der Waals surface area contributed by atoms with Crippen LogP contribution in [-0.4, -0.2) is 32.4 Å². The Balaban J connectivity index is 1.86. The first-order valence-electron chi connectivity index (χ1n) is 7.60. The van der Waals surface area contributed by atoms with E-state index in [0.717, 1.165) is 37.6 Å². The molecular formula is C15H20ClN5O. The standard InChI is InChI=1S/C15H20ClN5O/c1-3-21-14(18-19(2)15(21)22)11-5-4-8-20(10-11)13-7-6-12(16)9-17-13/h6-7,9,11H,3-5,8,10H2,1-2H3. The highest BCUT2D eigenvalue weighted by Crippen LogP contribution is 2.28. The molecule has 1 aliphatic heterocycles. The molecule has 118 valence electrons. The Labute approximate surface area is 134 Å². The van der Waals surface area contributed by atoms with Crippen LogP contribution < -0.4 is 10.6 Å². The predicted octanol–water partition coefficient (Wildman–Crippen LogP) is 2.03. The van der Waals surface area contributed by atoms with Crippen LogP contribution in [0.1, 0.15) is 31.5 Å². The summed E-state index contributed by atoms with van der Waals surface area (Å²) in [7, 11) is 1.71. The fourth-order valence-electron chi connectivity index (χ4n) is 3.07. The third-order valence-corrected chi connectivity index (χ3v) is 4.40. The summed E-state index contributed by atoms with van der Waals surface area (Å²) in [4.78, 5) is 18.7. The van der Waals surface area contributed by atoms with Gasteiger partial charge in [0, 0.05) is 38.8 Å². The van der Waals surface area contributed by atoms with Crippen molar-refractivity contribution in [3.05, 3.63) is 39.7 Å². The van der Waals surface area contributed by atoms with Gasteiger partial charge in [-0.2, -0.15) is 5.10 Å². The van der Waals surface area contributed by atoms with E-state index in [2.05, 4.69) is 15.0 Å². The highest BCUT2D eigenvalue weighted by Gasteiger charge is 2.27. The lowest BCUT2D eigenvalue weighted by molar-refractivity contribution is 0.468. The first kappa shape index (κ1) is 15.1. The maximum Gasteiger partial charge on any atom is 0.345 e. The van der Waals surface area contributed by atoms with Crippen molar-refractivity contribution in [3.8, 4) is 0 Å². The molecule has 1 atom stereocenters. The highest BCUT2D eigenvalue weighted by atomic mass is 35.5. The number of hydrogen-bond acceptors (Lipinski definition) is 4. The van der Waals surface area contributed by atoms with E-state index in [4.69, 9.17) is 11.6 Å². The molecule has 0 bridgehead atoms. The Morgan fingerprint density at radius 1 is 1.41 bits per heavy atom. The van der Waals surface area contributed by atoms with Crippen molar-refractivity contribution in [1.29, 1.82) is 0 Å². The summed E-state index contributed by atoms with van der Waals surface area (Å²) in [5.74, 6) is 2.06. The summed E-state index contributed by atoms with van der Waals surface area (Å²) in [6.07, 6.45) is 3.77. The van der Waals surface area contributed by atoms with E-state index in [-0.39, 0.29) is 11.6 Å². The van der Waals surface area contributed by atoms with Crippen molar-refractivity contribution in [2.75, 3.05) is 18.0 Å². The Morgan fingerprint density at radius 2 is 2.23 bits per heavy atom. The van der Waals surface area contributed by atoms with E-state index in [0.29, 0.717) is 11.6 Å². The molecule has 2 aromatic heterocycles. The molecule has 0 amide bonds. The van der Waals surface area contributed by atoms with Crippen LogP contribution >= 0.6 is 11.6 Å². The van der Waals surface area contributed by atoms with E-state index in [1.165, 1.54) is 4.68 Å². The molecule has 6 nitrogen and oxygen atoms in total. The Hall–Kier alpha value is -1.82. The molecule has 1 unspecified atom stereocenters. The molecule has 0 aliphatic carbocycles. The summed E-state index contributed by atoms with van der Waals surface area (Å²) >= 11 is 5.90. The summed E-state index contributed by atoms with van der Waals surface area (Å²) in [6, 6.07) is 3.80. The molecular weight excluding hydrogens is 302 g/mol.